The number of alkyl halides is 1. The fraction of sp³-hybridized carbons (Fsp3) is 0.303. The molecule has 1 aliphatic heterocycles. The van der Waals surface area contributed by atoms with E-state index in [2.05, 4.69) is 34.3 Å². The maximum atomic E-state index is 12.6. The van der Waals surface area contributed by atoms with Crippen LogP contribution in [0.4, 0.5) is 4.39 Å². The predicted octanol–water partition coefficient (Wildman–Crippen LogP) is 8.05. The van der Waals surface area contributed by atoms with Crippen LogP contribution < -0.4 is 10.3 Å². The molecule has 1 N–H and O–H groups in total. The second kappa shape index (κ2) is 12.3. The number of allylic oxidation sites excluding steroid dienone is 1. The highest BCUT2D eigenvalue weighted by Gasteiger charge is 2.25. The first-order valence-electron chi connectivity index (χ1n) is 14.0. The van der Waals surface area contributed by atoms with Crippen molar-refractivity contribution in [2.24, 2.45) is 0 Å². The number of likely N-dealkylation sites (tertiary alicyclic amines) is 1. The van der Waals surface area contributed by atoms with Gasteiger partial charge in [0.1, 0.15) is 11.9 Å². The number of benzene rings is 3. The molecular formula is C33H31Cl2FN2O3. The highest BCUT2D eigenvalue weighted by molar-refractivity contribution is 6.36. The Morgan fingerprint density at radius 3 is 2.54 bits per heavy atom. The van der Waals surface area contributed by atoms with Crippen LogP contribution in [0, 0.1) is 0 Å². The molecule has 1 atom stereocenters. The molecule has 4 aromatic rings. The van der Waals surface area contributed by atoms with Crippen LogP contribution >= 0.6 is 23.2 Å². The summed E-state index contributed by atoms with van der Waals surface area (Å²) in [6.07, 6.45) is 4.27. The Bertz CT molecular complexity index is 1630. The van der Waals surface area contributed by atoms with Crippen LogP contribution in [-0.2, 0) is 6.42 Å². The smallest absolute Gasteiger partial charge is 0.280 e. The van der Waals surface area contributed by atoms with Crippen LogP contribution in [0.2, 0.25) is 10.0 Å². The number of aryl methyl sites for hydroxylation is 1. The summed E-state index contributed by atoms with van der Waals surface area (Å²) in [7, 11) is 0. The van der Waals surface area contributed by atoms with E-state index in [0.29, 0.717) is 22.2 Å². The number of aromatic amines is 1. The summed E-state index contributed by atoms with van der Waals surface area (Å²) in [5.74, 6) is 1.34. The SMILES string of the molecule is O=c1cc(-c2ccc3c(c2)CCCC(c2ccc(Cl)cc2Cl)=C3c2ccc(O[C@H]3CCN(CCCF)C3)cc2)o[nH]1. The molecule has 1 fully saturated rings. The fourth-order valence-electron chi connectivity index (χ4n) is 5.97. The van der Waals surface area contributed by atoms with Crippen LogP contribution in [-0.4, -0.2) is 42.5 Å². The number of fused-ring (bicyclic) bond motifs is 1. The lowest BCUT2D eigenvalue weighted by molar-refractivity contribution is 0.198. The van der Waals surface area contributed by atoms with Crippen LogP contribution in [0.25, 0.3) is 22.5 Å². The van der Waals surface area contributed by atoms with E-state index >= 15 is 0 Å². The number of hydrogen-bond donors (Lipinski definition) is 1. The zero-order valence-electron chi connectivity index (χ0n) is 22.6. The molecule has 0 amide bonds. The van der Waals surface area contributed by atoms with Crippen LogP contribution in [0.3, 0.4) is 0 Å². The van der Waals surface area contributed by atoms with E-state index < -0.39 is 0 Å². The molecule has 2 heterocycles. The summed E-state index contributed by atoms with van der Waals surface area (Å²) in [5.41, 5.74) is 7.22. The molecule has 1 saturated heterocycles. The molecule has 0 spiro atoms. The van der Waals surface area contributed by atoms with Gasteiger partial charge in [0.15, 0.2) is 5.76 Å². The zero-order valence-corrected chi connectivity index (χ0v) is 24.1. The van der Waals surface area contributed by atoms with Gasteiger partial charge in [-0.15, -0.1) is 0 Å². The molecule has 8 heteroatoms. The van der Waals surface area contributed by atoms with E-state index in [-0.39, 0.29) is 18.3 Å². The van der Waals surface area contributed by atoms with Gasteiger partial charge in [0, 0.05) is 35.2 Å². The van der Waals surface area contributed by atoms with E-state index in [9.17, 15) is 9.18 Å². The fourth-order valence-corrected chi connectivity index (χ4v) is 6.49. The van der Waals surface area contributed by atoms with Gasteiger partial charge in [0.2, 0.25) is 0 Å². The number of ether oxygens (including phenoxy) is 1. The van der Waals surface area contributed by atoms with Crippen molar-refractivity contribution < 1.29 is 13.7 Å². The van der Waals surface area contributed by atoms with Crippen LogP contribution in [0.1, 0.15) is 47.9 Å². The van der Waals surface area contributed by atoms with Crippen molar-refractivity contribution >= 4 is 34.3 Å². The van der Waals surface area contributed by atoms with Gasteiger partial charge in [0.25, 0.3) is 5.56 Å². The lowest BCUT2D eigenvalue weighted by Gasteiger charge is -2.19. The normalized spacial score (nSPS) is 17.5. The first-order valence-corrected chi connectivity index (χ1v) is 14.8. The summed E-state index contributed by atoms with van der Waals surface area (Å²) in [6, 6.07) is 21.6. The van der Waals surface area contributed by atoms with Gasteiger partial charge in [0.05, 0.1) is 12.7 Å². The van der Waals surface area contributed by atoms with Gasteiger partial charge in [-0.05, 0) is 95.8 Å². The van der Waals surface area contributed by atoms with Crippen LogP contribution in [0.15, 0.2) is 76.0 Å². The van der Waals surface area contributed by atoms with E-state index in [0.717, 1.165) is 78.9 Å². The van der Waals surface area contributed by atoms with E-state index in [1.165, 1.54) is 17.2 Å². The minimum absolute atomic E-state index is 0.105. The molecule has 6 rings (SSSR count). The standard InChI is InChI=1S/C33H31Cl2FN2O3/c34-24-8-12-28(30(35)18-24)29-4-1-3-22-17-23(31-19-32(39)37-41-31)7-11-27(22)33(29)21-5-9-25(10-6-21)40-26-13-16-38(20-26)15-2-14-36/h5-12,17-19,26H,1-4,13-16,20H2,(H,37,39)/t26-/m0/s1. The van der Waals surface area contributed by atoms with Crippen molar-refractivity contribution in [2.45, 2.75) is 38.2 Å². The molecule has 5 nitrogen and oxygen atoms in total. The minimum Gasteiger partial charge on any atom is -0.489 e. The summed E-state index contributed by atoms with van der Waals surface area (Å²) >= 11 is 13.0. The van der Waals surface area contributed by atoms with Crippen molar-refractivity contribution in [2.75, 3.05) is 26.3 Å². The molecule has 1 aliphatic carbocycles. The number of hydrogen-bond acceptors (Lipinski definition) is 4. The Morgan fingerprint density at radius 1 is 0.976 bits per heavy atom. The Morgan fingerprint density at radius 2 is 1.78 bits per heavy atom. The average Bonchev–Trinajstić information content (AvgIpc) is 3.56. The summed E-state index contributed by atoms with van der Waals surface area (Å²) in [4.78, 5) is 14.0. The Balaban J connectivity index is 1.37. The molecule has 41 heavy (non-hydrogen) atoms. The van der Waals surface area contributed by atoms with E-state index in [1.54, 1.807) is 6.07 Å². The number of nitrogens with one attached hydrogen (secondary N) is 1. The molecule has 0 radical (unpaired) electrons. The van der Waals surface area contributed by atoms with Crippen molar-refractivity contribution in [3.63, 3.8) is 0 Å². The number of nitrogens with zero attached hydrogens (tertiary/aromatic N) is 1. The second-order valence-electron chi connectivity index (χ2n) is 10.7. The van der Waals surface area contributed by atoms with Crippen molar-refractivity contribution in [1.82, 2.24) is 10.1 Å². The number of aromatic nitrogens is 1. The van der Waals surface area contributed by atoms with Gasteiger partial charge in [-0.2, -0.15) is 5.16 Å². The summed E-state index contributed by atoms with van der Waals surface area (Å²) < 4.78 is 24.3. The molecule has 0 saturated carbocycles. The summed E-state index contributed by atoms with van der Waals surface area (Å²) in [6.45, 7) is 2.25. The largest absolute Gasteiger partial charge is 0.489 e. The Hall–Kier alpha value is -3.32. The third kappa shape index (κ3) is 6.15. The monoisotopic (exact) mass is 592 g/mol. The summed E-state index contributed by atoms with van der Waals surface area (Å²) in [5, 5.41) is 3.60. The second-order valence-corrected chi connectivity index (χ2v) is 11.5. The molecule has 0 unspecified atom stereocenters. The lowest BCUT2D eigenvalue weighted by atomic mass is 9.87. The van der Waals surface area contributed by atoms with Gasteiger partial charge in [-0.1, -0.05) is 53.5 Å². The predicted molar refractivity (Wildman–Crippen MR) is 163 cm³/mol. The number of rotatable bonds is 8. The highest BCUT2D eigenvalue weighted by atomic mass is 35.5. The van der Waals surface area contributed by atoms with Crippen molar-refractivity contribution in [3.05, 3.63) is 109 Å². The van der Waals surface area contributed by atoms with E-state index in [4.69, 9.17) is 32.5 Å². The number of halogens is 3. The van der Waals surface area contributed by atoms with E-state index in [1.807, 2.05) is 30.3 Å². The maximum Gasteiger partial charge on any atom is 0.280 e. The molecule has 1 aromatic heterocycles. The topological polar surface area (TPSA) is 58.5 Å². The first kappa shape index (κ1) is 27.8. The third-order valence-corrected chi connectivity index (χ3v) is 8.44. The van der Waals surface area contributed by atoms with Gasteiger partial charge >= 0.3 is 0 Å². The van der Waals surface area contributed by atoms with Crippen molar-refractivity contribution in [1.29, 1.82) is 0 Å². The number of H-pyrrole nitrogens is 1. The minimum atomic E-state index is -0.282. The Kier molecular flexibility index (Phi) is 8.33. The van der Waals surface area contributed by atoms with Gasteiger partial charge < -0.3 is 9.26 Å². The van der Waals surface area contributed by atoms with Gasteiger partial charge in [-0.3, -0.25) is 14.1 Å². The molecule has 0 bridgehead atoms. The molecular weight excluding hydrogens is 562 g/mol. The molecule has 212 valence electrons. The van der Waals surface area contributed by atoms with Crippen LogP contribution in [0.5, 0.6) is 5.75 Å². The quantitative estimate of drug-likeness (QED) is 0.225. The molecule has 3 aromatic carbocycles. The first-order chi connectivity index (χ1) is 20.0. The Labute approximate surface area is 248 Å². The third-order valence-electron chi connectivity index (χ3n) is 7.90. The lowest BCUT2D eigenvalue weighted by Crippen LogP contribution is -2.26. The highest BCUT2D eigenvalue weighted by Crippen LogP contribution is 2.43. The maximum absolute atomic E-state index is 12.6. The van der Waals surface area contributed by atoms with Crippen molar-refractivity contribution in [3.8, 4) is 17.1 Å². The zero-order chi connectivity index (χ0) is 28.3. The van der Waals surface area contributed by atoms with Gasteiger partial charge in [-0.25, -0.2) is 0 Å². The average molecular weight is 594 g/mol. The molecule has 2 aliphatic rings.